The lowest BCUT2D eigenvalue weighted by atomic mass is 9.99. The Balaban J connectivity index is 0.000000128. The second-order valence-corrected chi connectivity index (χ2v) is 4.76. The smallest absolute Gasteiger partial charge is 0.0373 e. The number of piperidine rings is 1. The van der Waals surface area contributed by atoms with Gasteiger partial charge in [-0.25, -0.2) is 0 Å². The summed E-state index contributed by atoms with van der Waals surface area (Å²) in [5, 5.41) is 6.59. The molecule has 0 aliphatic carbocycles. The van der Waals surface area contributed by atoms with Crippen LogP contribution in [0.5, 0.6) is 0 Å². The van der Waals surface area contributed by atoms with Crippen LogP contribution in [0.2, 0.25) is 0 Å². The van der Waals surface area contributed by atoms with Gasteiger partial charge >= 0.3 is 0 Å². The van der Waals surface area contributed by atoms with E-state index in [9.17, 15) is 0 Å². The summed E-state index contributed by atoms with van der Waals surface area (Å²) in [6.45, 7) is 4.32. The van der Waals surface area contributed by atoms with Crippen molar-refractivity contribution in [1.29, 1.82) is 0 Å². The number of benzene rings is 1. The van der Waals surface area contributed by atoms with Crippen molar-refractivity contribution >= 4 is 5.69 Å². The predicted octanol–water partition coefficient (Wildman–Crippen LogP) is 1.60. The Kier molecular flexibility index (Phi) is 4.83. The third-order valence-electron chi connectivity index (χ3n) is 3.52. The Morgan fingerprint density at radius 1 is 1.12 bits per heavy atom. The van der Waals surface area contributed by atoms with Gasteiger partial charge in [0.15, 0.2) is 0 Å². The van der Waals surface area contributed by atoms with Gasteiger partial charge in [0.25, 0.3) is 0 Å². The largest absolute Gasteiger partial charge is 0.384 e. The van der Waals surface area contributed by atoms with E-state index < -0.39 is 0 Å². The summed E-state index contributed by atoms with van der Waals surface area (Å²) < 4.78 is 0. The van der Waals surface area contributed by atoms with Crippen molar-refractivity contribution in [3.8, 4) is 0 Å². The molecule has 0 radical (unpaired) electrons. The van der Waals surface area contributed by atoms with E-state index in [1.807, 2.05) is 0 Å². The molecule has 0 unspecified atom stereocenters. The molecule has 17 heavy (non-hydrogen) atoms. The van der Waals surface area contributed by atoms with Crippen LogP contribution in [0.4, 0.5) is 5.69 Å². The van der Waals surface area contributed by atoms with Crippen LogP contribution in [0.1, 0.15) is 18.4 Å². The zero-order valence-electron chi connectivity index (χ0n) is 10.4. The molecule has 3 heteroatoms. The molecule has 1 aromatic rings. The first-order valence-electron chi connectivity index (χ1n) is 6.62. The van der Waals surface area contributed by atoms with E-state index in [0.29, 0.717) is 0 Å². The number of anilines is 1. The van der Waals surface area contributed by atoms with Crippen LogP contribution < -0.4 is 16.4 Å². The Morgan fingerprint density at radius 3 is 2.53 bits per heavy atom. The molecule has 2 aliphatic heterocycles. The molecule has 0 atom stereocenters. The lowest BCUT2D eigenvalue weighted by Gasteiger charge is -2.20. The maximum Gasteiger partial charge on any atom is 0.0373 e. The summed E-state index contributed by atoms with van der Waals surface area (Å²) in [7, 11) is 0. The molecular formula is C14H23N3. The van der Waals surface area contributed by atoms with Crippen LogP contribution in [-0.4, -0.2) is 26.2 Å². The fourth-order valence-corrected chi connectivity index (χ4v) is 2.36. The molecule has 0 aromatic heterocycles. The quantitative estimate of drug-likeness (QED) is 0.690. The monoisotopic (exact) mass is 233 g/mol. The first kappa shape index (κ1) is 12.4. The third-order valence-corrected chi connectivity index (χ3v) is 3.52. The summed E-state index contributed by atoms with van der Waals surface area (Å²) in [5.74, 6) is 0.802. The van der Waals surface area contributed by atoms with Crippen LogP contribution in [0, 0.1) is 5.92 Å². The van der Waals surface area contributed by atoms with Crippen LogP contribution in [0.15, 0.2) is 24.3 Å². The third kappa shape index (κ3) is 3.72. The van der Waals surface area contributed by atoms with E-state index in [-0.39, 0.29) is 0 Å². The topological polar surface area (TPSA) is 50.1 Å². The number of nitrogens with two attached hydrogens (primary N) is 1. The summed E-state index contributed by atoms with van der Waals surface area (Å²) >= 11 is 0. The van der Waals surface area contributed by atoms with Crippen LogP contribution >= 0.6 is 0 Å². The molecule has 1 saturated heterocycles. The number of hydrogen-bond acceptors (Lipinski definition) is 3. The first-order chi connectivity index (χ1) is 8.40. The fourth-order valence-electron chi connectivity index (χ4n) is 2.36. The minimum Gasteiger partial charge on any atom is -0.384 e. The average molecular weight is 233 g/mol. The minimum atomic E-state index is 0.802. The van der Waals surface area contributed by atoms with Crippen molar-refractivity contribution in [3.05, 3.63) is 29.8 Å². The maximum atomic E-state index is 5.48. The van der Waals surface area contributed by atoms with Gasteiger partial charge in [-0.2, -0.15) is 0 Å². The normalized spacial score (nSPS) is 18.9. The fraction of sp³-hybridized carbons (Fsp3) is 0.571. The highest BCUT2D eigenvalue weighted by Crippen LogP contribution is 2.19. The number of rotatable bonds is 1. The highest BCUT2D eigenvalue weighted by Gasteiger charge is 2.09. The van der Waals surface area contributed by atoms with E-state index in [0.717, 1.165) is 19.0 Å². The SMILES string of the molecule is NCC1CCNCC1.c1ccc2c(c1)CCN2. The van der Waals surface area contributed by atoms with Gasteiger partial charge in [-0.1, -0.05) is 18.2 Å². The Bertz CT molecular complexity index is 309. The molecule has 1 aromatic carbocycles. The average Bonchev–Trinajstić information content (AvgIpc) is 2.89. The van der Waals surface area contributed by atoms with Crippen molar-refractivity contribution in [1.82, 2.24) is 5.32 Å². The summed E-state index contributed by atoms with van der Waals surface area (Å²) in [6, 6.07) is 8.46. The molecule has 0 amide bonds. The van der Waals surface area contributed by atoms with Crippen molar-refractivity contribution in [2.24, 2.45) is 11.7 Å². The predicted molar refractivity (Wildman–Crippen MR) is 73.3 cm³/mol. The molecule has 3 nitrogen and oxygen atoms in total. The van der Waals surface area contributed by atoms with Gasteiger partial charge < -0.3 is 16.4 Å². The molecule has 2 heterocycles. The van der Waals surface area contributed by atoms with Crippen LogP contribution in [0.25, 0.3) is 0 Å². The van der Waals surface area contributed by atoms with Crippen molar-refractivity contribution < 1.29 is 0 Å². The van der Waals surface area contributed by atoms with Gasteiger partial charge in [0, 0.05) is 12.2 Å². The lowest BCUT2D eigenvalue weighted by Crippen LogP contribution is -2.31. The van der Waals surface area contributed by atoms with E-state index in [2.05, 4.69) is 34.9 Å². The van der Waals surface area contributed by atoms with Gasteiger partial charge in [0.2, 0.25) is 0 Å². The van der Waals surface area contributed by atoms with Crippen LogP contribution in [0.3, 0.4) is 0 Å². The highest BCUT2D eigenvalue weighted by molar-refractivity contribution is 5.54. The summed E-state index contributed by atoms with van der Waals surface area (Å²) in [5.41, 5.74) is 8.25. The molecular weight excluding hydrogens is 210 g/mol. The molecule has 4 N–H and O–H groups in total. The molecule has 0 saturated carbocycles. The Labute approximate surface area is 104 Å². The molecule has 2 aliphatic rings. The van der Waals surface area contributed by atoms with Gasteiger partial charge in [-0.15, -0.1) is 0 Å². The van der Waals surface area contributed by atoms with Crippen LogP contribution in [-0.2, 0) is 6.42 Å². The maximum absolute atomic E-state index is 5.48. The second kappa shape index (κ2) is 6.62. The Morgan fingerprint density at radius 2 is 1.88 bits per heavy atom. The standard InChI is InChI=1S/C8H9N.C6H14N2/c1-2-4-8-7(3-1)5-6-9-8;7-5-6-1-3-8-4-2-6/h1-4,9H,5-6H2;6,8H,1-5,7H2. The first-order valence-corrected chi connectivity index (χ1v) is 6.62. The van der Waals surface area contributed by atoms with Gasteiger partial charge in [0.1, 0.15) is 0 Å². The number of hydrogen-bond donors (Lipinski definition) is 3. The lowest BCUT2D eigenvalue weighted by molar-refractivity contribution is 0.382. The molecule has 94 valence electrons. The summed E-state index contributed by atoms with van der Waals surface area (Å²) in [4.78, 5) is 0. The zero-order chi connectivity index (χ0) is 11.9. The van der Waals surface area contributed by atoms with Gasteiger partial charge in [0.05, 0.1) is 0 Å². The van der Waals surface area contributed by atoms with Crippen molar-refractivity contribution in [2.75, 3.05) is 31.5 Å². The van der Waals surface area contributed by atoms with E-state index in [1.54, 1.807) is 0 Å². The zero-order valence-corrected chi connectivity index (χ0v) is 10.4. The Hall–Kier alpha value is -1.06. The minimum absolute atomic E-state index is 0.802. The van der Waals surface area contributed by atoms with Crippen molar-refractivity contribution in [2.45, 2.75) is 19.3 Å². The summed E-state index contributed by atoms with van der Waals surface area (Å²) in [6.07, 6.45) is 3.74. The molecule has 1 fully saturated rings. The second-order valence-electron chi connectivity index (χ2n) is 4.76. The van der Waals surface area contributed by atoms with E-state index in [1.165, 1.54) is 43.6 Å². The number of fused-ring (bicyclic) bond motifs is 1. The molecule has 3 rings (SSSR count). The molecule has 0 bridgehead atoms. The number of para-hydroxylation sites is 1. The number of nitrogens with one attached hydrogen (secondary N) is 2. The van der Waals surface area contributed by atoms with Gasteiger partial charge in [-0.3, -0.25) is 0 Å². The molecule has 0 spiro atoms. The highest BCUT2D eigenvalue weighted by atomic mass is 14.9. The van der Waals surface area contributed by atoms with Crippen molar-refractivity contribution in [3.63, 3.8) is 0 Å². The van der Waals surface area contributed by atoms with E-state index >= 15 is 0 Å². The van der Waals surface area contributed by atoms with E-state index in [4.69, 9.17) is 5.73 Å². The van der Waals surface area contributed by atoms with Gasteiger partial charge in [-0.05, 0) is 56.4 Å².